The van der Waals surface area contributed by atoms with Gasteiger partial charge in [0.25, 0.3) is 5.89 Å². The Morgan fingerprint density at radius 3 is 2.62 bits per heavy atom. The molecule has 2 rings (SSSR count). The standard InChI is InChI=1S/C19H28N4O3/c1-13(2)11-20-19(24)23(5)7-6-17-21-18(26-22-17)12-25-16-9-14(3)8-15(4)10-16/h8-10,13H,6-7,11-12H2,1-5H3,(H,20,24). The maximum absolute atomic E-state index is 11.9. The van der Waals surface area contributed by atoms with Crippen molar-refractivity contribution in [1.29, 1.82) is 0 Å². The molecule has 1 heterocycles. The third-order valence-corrected chi connectivity index (χ3v) is 3.75. The van der Waals surface area contributed by atoms with Crippen molar-refractivity contribution in [2.45, 2.75) is 40.7 Å². The number of aryl methyl sites for hydroxylation is 2. The monoisotopic (exact) mass is 360 g/mol. The molecule has 2 amide bonds. The van der Waals surface area contributed by atoms with Crippen molar-refractivity contribution >= 4 is 6.03 Å². The van der Waals surface area contributed by atoms with Crippen LogP contribution in [0, 0.1) is 19.8 Å². The number of nitrogens with one attached hydrogen (secondary N) is 1. The molecule has 0 bridgehead atoms. The Hall–Kier alpha value is -2.57. The number of rotatable bonds is 8. The van der Waals surface area contributed by atoms with Gasteiger partial charge in [-0.15, -0.1) is 0 Å². The number of carbonyl (C=O) groups is 1. The number of hydrogen-bond donors (Lipinski definition) is 1. The number of amides is 2. The molecule has 0 saturated carbocycles. The molecule has 0 aliphatic rings. The van der Waals surface area contributed by atoms with Crippen LogP contribution < -0.4 is 10.1 Å². The van der Waals surface area contributed by atoms with E-state index in [1.165, 1.54) is 0 Å². The van der Waals surface area contributed by atoms with Gasteiger partial charge in [-0.25, -0.2) is 4.79 Å². The summed E-state index contributed by atoms with van der Waals surface area (Å²) in [5.41, 5.74) is 2.29. The van der Waals surface area contributed by atoms with E-state index in [9.17, 15) is 4.79 Å². The highest BCUT2D eigenvalue weighted by atomic mass is 16.5. The molecule has 0 radical (unpaired) electrons. The first-order chi connectivity index (χ1) is 12.3. The molecule has 1 aromatic carbocycles. The van der Waals surface area contributed by atoms with Gasteiger partial charge in [0.05, 0.1) is 0 Å². The molecule has 142 valence electrons. The molecular formula is C19H28N4O3. The molecule has 1 N–H and O–H groups in total. The zero-order valence-electron chi connectivity index (χ0n) is 16.2. The molecule has 0 saturated heterocycles. The number of hydrogen-bond acceptors (Lipinski definition) is 5. The van der Waals surface area contributed by atoms with E-state index in [2.05, 4.69) is 35.4 Å². The Morgan fingerprint density at radius 2 is 1.96 bits per heavy atom. The summed E-state index contributed by atoms with van der Waals surface area (Å²) in [7, 11) is 1.75. The Bertz CT molecular complexity index is 707. The predicted molar refractivity (Wildman–Crippen MR) is 99.1 cm³/mol. The number of nitrogens with zero attached hydrogens (tertiary/aromatic N) is 3. The van der Waals surface area contributed by atoms with Gasteiger partial charge in [-0.2, -0.15) is 4.98 Å². The first kappa shape index (κ1) is 19.8. The molecule has 0 aliphatic carbocycles. The number of aromatic nitrogens is 2. The van der Waals surface area contributed by atoms with Crippen LogP contribution in [0.5, 0.6) is 5.75 Å². The summed E-state index contributed by atoms with van der Waals surface area (Å²) >= 11 is 0. The number of likely N-dealkylation sites (N-methyl/N-ethyl adjacent to an activating group) is 1. The molecule has 0 aliphatic heterocycles. The van der Waals surface area contributed by atoms with Gasteiger partial charge >= 0.3 is 6.03 Å². The molecule has 0 spiro atoms. The lowest BCUT2D eigenvalue weighted by molar-refractivity contribution is 0.207. The van der Waals surface area contributed by atoms with Crippen LogP contribution in [-0.2, 0) is 13.0 Å². The number of benzene rings is 1. The maximum atomic E-state index is 11.9. The first-order valence-corrected chi connectivity index (χ1v) is 8.85. The molecule has 7 nitrogen and oxygen atoms in total. The van der Waals surface area contributed by atoms with Crippen molar-refractivity contribution in [3.8, 4) is 5.75 Å². The van der Waals surface area contributed by atoms with Gasteiger partial charge in [-0.1, -0.05) is 25.1 Å². The SMILES string of the molecule is Cc1cc(C)cc(OCc2nc(CCN(C)C(=O)NCC(C)C)no2)c1. The largest absolute Gasteiger partial charge is 0.484 e. The second-order valence-electron chi connectivity index (χ2n) is 6.97. The average Bonchev–Trinajstić information content (AvgIpc) is 3.02. The fourth-order valence-corrected chi connectivity index (χ4v) is 2.41. The van der Waals surface area contributed by atoms with Crippen LogP contribution in [-0.4, -0.2) is 41.2 Å². The van der Waals surface area contributed by atoms with Crippen LogP contribution in [0.3, 0.4) is 0 Å². The first-order valence-electron chi connectivity index (χ1n) is 8.85. The van der Waals surface area contributed by atoms with E-state index in [1.807, 2.05) is 26.0 Å². The van der Waals surface area contributed by atoms with Crippen molar-refractivity contribution in [1.82, 2.24) is 20.4 Å². The molecular weight excluding hydrogens is 332 g/mol. The summed E-state index contributed by atoms with van der Waals surface area (Å²) in [6.45, 7) is 9.56. The average molecular weight is 360 g/mol. The lowest BCUT2D eigenvalue weighted by atomic mass is 10.1. The quantitative estimate of drug-likeness (QED) is 0.782. The zero-order chi connectivity index (χ0) is 19.1. The topological polar surface area (TPSA) is 80.5 Å². The second-order valence-corrected chi connectivity index (χ2v) is 6.97. The Balaban J connectivity index is 1.79. The highest BCUT2D eigenvalue weighted by molar-refractivity contribution is 5.73. The fourth-order valence-electron chi connectivity index (χ4n) is 2.41. The van der Waals surface area contributed by atoms with Gasteiger partial charge in [0, 0.05) is 26.6 Å². The van der Waals surface area contributed by atoms with E-state index in [-0.39, 0.29) is 12.6 Å². The van der Waals surface area contributed by atoms with Gasteiger partial charge in [0.1, 0.15) is 5.75 Å². The van der Waals surface area contributed by atoms with E-state index < -0.39 is 0 Å². The van der Waals surface area contributed by atoms with Gasteiger partial charge in [-0.05, 0) is 43.0 Å². The maximum Gasteiger partial charge on any atom is 0.317 e. The lowest BCUT2D eigenvalue weighted by Gasteiger charge is -2.17. The van der Waals surface area contributed by atoms with E-state index in [0.717, 1.165) is 16.9 Å². The van der Waals surface area contributed by atoms with E-state index in [0.29, 0.717) is 37.1 Å². The normalized spacial score (nSPS) is 10.8. The summed E-state index contributed by atoms with van der Waals surface area (Å²) < 4.78 is 10.9. The minimum atomic E-state index is -0.0967. The van der Waals surface area contributed by atoms with Gasteiger partial charge in [0.15, 0.2) is 12.4 Å². The second kappa shape index (κ2) is 9.22. The summed E-state index contributed by atoms with van der Waals surface area (Å²) in [4.78, 5) is 17.8. The lowest BCUT2D eigenvalue weighted by Crippen LogP contribution is -2.39. The zero-order valence-corrected chi connectivity index (χ0v) is 16.2. The van der Waals surface area contributed by atoms with Gasteiger partial charge < -0.3 is 19.5 Å². The third kappa shape index (κ3) is 6.38. The van der Waals surface area contributed by atoms with Crippen LogP contribution in [0.2, 0.25) is 0 Å². The molecule has 2 aromatic rings. The summed E-state index contributed by atoms with van der Waals surface area (Å²) in [6, 6.07) is 5.93. The molecule has 0 fully saturated rings. The van der Waals surface area contributed by atoms with Crippen molar-refractivity contribution in [2.24, 2.45) is 5.92 Å². The van der Waals surface area contributed by atoms with Crippen LogP contribution in [0.1, 0.15) is 36.7 Å². The Kier molecular flexibility index (Phi) is 7.00. The predicted octanol–water partition coefficient (Wildman–Crippen LogP) is 3.11. The third-order valence-electron chi connectivity index (χ3n) is 3.75. The number of carbonyl (C=O) groups excluding carboxylic acids is 1. The molecule has 0 unspecified atom stereocenters. The summed E-state index contributed by atoms with van der Waals surface area (Å²) in [6.07, 6.45) is 0.526. The van der Waals surface area contributed by atoms with Gasteiger partial charge in [0.2, 0.25) is 0 Å². The van der Waals surface area contributed by atoms with Crippen molar-refractivity contribution in [3.05, 3.63) is 41.0 Å². The summed E-state index contributed by atoms with van der Waals surface area (Å²) in [5, 5.41) is 6.82. The van der Waals surface area contributed by atoms with E-state index in [4.69, 9.17) is 9.26 Å². The van der Waals surface area contributed by atoms with Crippen molar-refractivity contribution in [2.75, 3.05) is 20.1 Å². The Labute approximate surface area is 154 Å². The number of urea groups is 1. The van der Waals surface area contributed by atoms with Crippen LogP contribution >= 0.6 is 0 Å². The Morgan fingerprint density at radius 1 is 1.27 bits per heavy atom. The molecule has 0 atom stereocenters. The fraction of sp³-hybridized carbons (Fsp3) is 0.526. The smallest absolute Gasteiger partial charge is 0.317 e. The van der Waals surface area contributed by atoms with Crippen LogP contribution in [0.4, 0.5) is 4.79 Å². The van der Waals surface area contributed by atoms with E-state index in [1.54, 1.807) is 11.9 Å². The molecule has 1 aromatic heterocycles. The van der Waals surface area contributed by atoms with E-state index >= 15 is 0 Å². The van der Waals surface area contributed by atoms with Gasteiger partial charge in [-0.3, -0.25) is 0 Å². The highest BCUT2D eigenvalue weighted by Crippen LogP contribution is 2.17. The van der Waals surface area contributed by atoms with Crippen LogP contribution in [0.15, 0.2) is 22.7 Å². The minimum absolute atomic E-state index is 0.0967. The van der Waals surface area contributed by atoms with Crippen molar-refractivity contribution < 1.29 is 14.1 Å². The molecule has 26 heavy (non-hydrogen) atoms. The van der Waals surface area contributed by atoms with Crippen molar-refractivity contribution in [3.63, 3.8) is 0 Å². The minimum Gasteiger partial charge on any atom is -0.484 e. The highest BCUT2D eigenvalue weighted by Gasteiger charge is 2.12. The summed E-state index contributed by atoms with van der Waals surface area (Å²) in [5.74, 6) is 2.19. The molecule has 7 heteroatoms. The number of ether oxygens (including phenoxy) is 1. The van der Waals surface area contributed by atoms with Crippen LogP contribution in [0.25, 0.3) is 0 Å².